The summed E-state index contributed by atoms with van der Waals surface area (Å²) in [6, 6.07) is 0. The Bertz CT molecular complexity index is 136. The van der Waals surface area contributed by atoms with Gasteiger partial charge in [0.1, 0.15) is 0 Å². The second kappa shape index (κ2) is 3.59. The lowest BCUT2D eigenvalue weighted by atomic mass is 9.84. The lowest BCUT2D eigenvalue weighted by Crippen LogP contribution is -2.33. The summed E-state index contributed by atoms with van der Waals surface area (Å²) in [5.74, 6) is 1.97. The van der Waals surface area contributed by atoms with Crippen LogP contribution in [0.1, 0.15) is 32.6 Å². The highest BCUT2D eigenvalue weighted by Crippen LogP contribution is 2.34. The van der Waals surface area contributed by atoms with Gasteiger partial charge < -0.3 is 0 Å². The van der Waals surface area contributed by atoms with Gasteiger partial charge in [0.15, 0.2) is 0 Å². The first kappa shape index (κ1) is 8.89. The molecule has 2 saturated heterocycles. The molecule has 1 aliphatic carbocycles. The van der Waals surface area contributed by atoms with Crippen molar-refractivity contribution in [3.05, 3.63) is 0 Å². The Balaban J connectivity index is 2.02. The fourth-order valence-electron chi connectivity index (χ4n) is 2.64. The van der Waals surface area contributed by atoms with Gasteiger partial charge in [0.25, 0.3) is 0 Å². The molecular formula is C10H19NS. The zero-order valence-corrected chi connectivity index (χ0v) is 8.76. The fourth-order valence-corrected chi connectivity index (χ4v) is 2.83. The summed E-state index contributed by atoms with van der Waals surface area (Å²) in [5, 5.41) is 0.464. The van der Waals surface area contributed by atoms with Gasteiger partial charge in [-0.15, -0.1) is 0 Å². The third-order valence-electron chi connectivity index (χ3n) is 3.48. The summed E-state index contributed by atoms with van der Waals surface area (Å²) in [5.41, 5.74) is 0. The maximum absolute atomic E-state index is 4.52. The summed E-state index contributed by atoms with van der Waals surface area (Å²) in [4.78, 5) is 2.55. The standard InChI is InChI=1S/C10H19NS/c1-8(12)11-6-9-2-3-10(7-11)5-4-9/h8-10,12H,2-7H2,1H3. The molecule has 1 saturated carbocycles. The Morgan fingerprint density at radius 1 is 1.08 bits per heavy atom. The number of hydrogen-bond donors (Lipinski definition) is 1. The monoisotopic (exact) mass is 185 g/mol. The number of nitrogens with zero attached hydrogens (tertiary/aromatic N) is 1. The van der Waals surface area contributed by atoms with E-state index >= 15 is 0 Å². The van der Waals surface area contributed by atoms with E-state index in [2.05, 4.69) is 24.5 Å². The highest BCUT2D eigenvalue weighted by Gasteiger charge is 2.30. The number of fused-ring (bicyclic) bond motifs is 4. The Hall–Kier alpha value is 0.310. The fraction of sp³-hybridized carbons (Fsp3) is 1.00. The zero-order chi connectivity index (χ0) is 8.55. The number of rotatable bonds is 1. The van der Waals surface area contributed by atoms with Crippen LogP contribution in [0.4, 0.5) is 0 Å². The Morgan fingerprint density at radius 2 is 1.50 bits per heavy atom. The van der Waals surface area contributed by atoms with Crippen LogP contribution >= 0.6 is 12.6 Å². The van der Waals surface area contributed by atoms with Crippen molar-refractivity contribution in [3.8, 4) is 0 Å². The van der Waals surface area contributed by atoms with Crippen LogP contribution in [0.2, 0.25) is 0 Å². The number of hydrogen-bond acceptors (Lipinski definition) is 2. The minimum Gasteiger partial charge on any atom is -0.291 e. The molecule has 2 bridgehead atoms. The van der Waals surface area contributed by atoms with E-state index in [1.807, 2.05) is 0 Å². The molecule has 1 unspecified atom stereocenters. The SMILES string of the molecule is CC(S)N1CC2CCC(CC2)C1. The molecule has 12 heavy (non-hydrogen) atoms. The van der Waals surface area contributed by atoms with Gasteiger partial charge >= 0.3 is 0 Å². The van der Waals surface area contributed by atoms with Crippen molar-refractivity contribution in [1.29, 1.82) is 0 Å². The van der Waals surface area contributed by atoms with Crippen molar-refractivity contribution in [2.45, 2.75) is 38.0 Å². The van der Waals surface area contributed by atoms with E-state index in [1.165, 1.54) is 38.8 Å². The first-order valence-corrected chi connectivity index (χ1v) is 5.69. The highest BCUT2D eigenvalue weighted by molar-refractivity contribution is 7.80. The van der Waals surface area contributed by atoms with E-state index in [0.29, 0.717) is 5.37 Å². The van der Waals surface area contributed by atoms with Gasteiger partial charge in [0, 0.05) is 18.5 Å². The van der Waals surface area contributed by atoms with Crippen LogP contribution in [0, 0.1) is 11.8 Å². The second-order valence-corrected chi connectivity index (χ2v) is 5.22. The molecule has 2 aliphatic heterocycles. The first-order valence-electron chi connectivity index (χ1n) is 5.18. The van der Waals surface area contributed by atoms with E-state index < -0.39 is 0 Å². The van der Waals surface area contributed by atoms with Crippen LogP contribution in [0.15, 0.2) is 0 Å². The Kier molecular flexibility index (Phi) is 2.66. The van der Waals surface area contributed by atoms with E-state index in [0.717, 1.165) is 11.8 Å². The maximum Gasteiger partial charge on any atom is 0.0499 e. The molecule has 3 rings (SSSR count). The molecule has 0 amide bonds. The molecule has 0 aromatic heterocycles. The van der Waals surface area contributed by atoms with E-state index in [-0.39, 0.29) is 0 Å². The second-order valence-electron chi connectivity index (χ2n) is 4.47. The van der Waals surface area contributed by atoms with Gasteiger partial charge in [0.05, 0.1) is 0 Å². The molecule has 0 N–H and O–H groups in total. The molecule has 2 heteroatoms. The van der Waals surface area contributed by atoms with E-state index in [4.69, 9.17) is 0 Å². The number of thiol groups is 1. The van der Waals surface area contributed by atoms with Gasteiger partial charge in [-0.05, 0) is 44.4 Å². The molecule has 0 aromatic carbocycles. The third kappa shape index (κ3) is 1.80. The van der Waals surface area contributed by atoms with Crippen molar-refractivity contribution in [2.75, 3.05) is 13.1 Å². The zero-order valence-electron chi connectivity index (χ0n) is 7.87. The van der Waals surface area contributed by atoms with Crippen molar-refractivity contribution < 1.29 is 0 Å². The van der Waals surface area contributed by atoms with Gasteiger partial charge in [0.2, 0.25) is 0 Å². The maximum atomic E-state index is 4.52. The lowest BCUT2D eigenvalue weighted by molar-refractivity contribution is 0.247. The van der Waals surface area contributed by atoms with Crippen molar-refractivity contribution in [2.24, 2.45) is 11.8 Å². The smallest absolute Gasteiger partial charge is 0.0499 e. The van der Waals surface area contributed by atoms with Crippen LogP contribution in [0.25, 0.3) is 0 Å². The summed E-state index contributed by atoms with van der Waals surface area (Å²) in [6.07, 6.45) is 5.90. The molecule has 1 nitrogen and oxygen atoms in total. The molecule has 0 spiro atoms. The molecule has 0 aromatic rings. The van der Waals surface area contributed by atoms with Crippen LogP contribution in [-0.2, 0) is 0 Å². The van der Waals surface area contributed by atoms with Crippen molar-refractivity contribution in [3.63, 3.8) is 0 Å². The Labute approximate surface area is 80.9 Å². The summed E-state index contributed by atoms with van der Waals surface area (Å²) >= 11 is 4.52. The van der Waals surface area contributed by atoms with Crippen LogP contribution < -0.4 is 0 Å². The van der Waals surface area contributed by atoms with Gasteiger partial charge in [-0.1, -0.05) is 0 Å². The van der Waals surface area contributed by atoms with Crippen LogP contribution in [-0.4, -0.2) is 23.4 Å². The summed E-state index contributed by atoms with van der Waals surface area (Å²) < 4.78 is 0. The molecule has 3 fully saturated rings. The average Bonchev–Trinajstić information content (AvgIpc) is 2.36. The van der Waals surface area contributed by atoms with Gasteiger partial charge in [-0.3, -0.25) is 4.90 Å². The molecule has 2 heterocycles. The topological polar surface area (TPSA) is 3.24 Å². The van der Waals surface area contributed by atoms with Crippen LogP contribution in [0.3, 0.4) is 0 Å². The molecule has 3 aliphatic rings. The molecule has 0 radical (unpaired) electrons. The average molecular weight is 185 g/mol. The van der Waals surface area contributed by atoms with E-state index in [9.17, 15) is 0 Å². The Morgan fingerprint density at radius 3 is 1.83 bits per heavy atom. The van der Waals surface area contributed by atoms with Crippen molar-refractivity contribution >= 4 is 12.6 Å². The largest absolute Gasteiger partial charge is 0.291 e. The molecule has 70 valence electrons. The predicted octanol–water partition coefficient (Wildman–Crippen LogP) is 2.38. The van der Waals surface area contributed by atoms with Gasteiger partial charge in [-0.25, -0.2) is 0 Å². The minimum absolute atomic E-state index is 0.464. The van der Waals surface area contributed by atoms with Crippen LogP contribution in [0.5, 0.6) is 0 Å². The predicted molar refractivity (Wildman–Crippen MR) is 55.5 cm³/mol. The van der Waals surface area contributed by atoms with E-state index in [1.54, 1.807) is 0 Å². The lowest BCUT2D eigenvalue weighted by Gasteiger charge is -2.25. The minimum atomic E-state index is 0.464. The normalized spacial score (nSPS) is 39.5. The molecular weight excluding hydrogens is 166 g/mol. The summed E-state index contributed by atoms with van der Waals surface area (Å²) in [7, 11) is 0. The first-order chi connectivity index (χ1) is 5.75. The molecule has 1 atom stereocenters. The quantitative estimate of drug-likeness (QED) is 0.614. The van der Waals surface area contributed by atoms with Gasteiger partial charge in [-0.2, -0.15) is 12.6 Å². The summed E-state index contributed by atoms with van der Waals surface area (Å²) in [6.45, 7) is 4.82. The van der Waals surface area contributed by atoms with Crippen molar-refractivity contribution in [1.82, 2.24) is 4.90 Å². The highest BCUT2D eigenvalue weighted by atomic mass is 32.1. The third-order valence-corrected chi connectivity index (χ3v) is 3.81.